The quantitative estimate of drug-likeness (QED) is 0.821. The molecule has 0 aliphatic heterocycles. The van der Waals surface area contributed by atoms with Crippen LogP contribution in [0.4, 0.5) is 0 Å². The second-order valence-electron chi connectivity index (χ2n) is 4.87. The Hall–Kier alpha value is -1.55. The molecule has 4 nitrogen and oxygen atoms in total. The molecule has 1 unspecified atom stereocenters. The van der Waals surface area contributed by atoms with Crippen molar-refractivity contribution in [2.24, 2.45) is 11.7 Å². The van der Waals surface area contributed by atoms with Gasteiger partial charge in [-0.25, -0.2) is 4.79 Å². The van der Waals surface area contributed by atoms with Crippen LogP contribution in [-0.2, 0) is 22.4 Å². The fourth-order valence-corrected chi connectivity index (χ4v) is 2.44. The summed E-state index contributed by atoms with van der Waals surface area (Å²) in [5, 5.41) is 0. The fourth-order valence-electron chi connectivity index (χ4n) is 2.44. The van der Waals surface area contributed by atoms with Gasteiger partial charge in [-0.2, -0.15) is 0 Å². The summed E-state index contributed by atoms with van der Waals surface area (Å²) in [4.78, 5) is 11.2. The van der Waals surface area contributed by atoms with Crippen molar-refractivity contribution in [3.63, 3.8) is 0 Å². The second kappa shape index (κ2) is 6.57. The van der Waals surface area contributed by atoms with Crippen LogP contribution in [0, 0.1) is 5.92 Å². The van der Waals surface area contributed by atoms with Gasteiger partial charge in [0.25, 0.3) is 0 Å². The topological polar surface area (TPSA) is 61.5 Å². The summed E-state index contributed by atoms with van der Waals surface area (Å²) < 4.78 is 10.3. The van der Waals surface area contributed by atoms with Gasteiger partial charge in [0, 0.05) is 0 Å². The zero-order valence-electron chi connectivity index (χ0n) is 11.4. The van der Waals surface area contributed by atoms with E-state index in [1.165, 1.54) is 11.1 Å². The summed E-state index contributed by atoms with van der Waals surface area (Å²) in [5.74, 6) is 0.956. The van der Waals surface area contributed by atoms with Crippen LogP contribution in [-0.4, -0.2) is 25.7 Å². The molecule has 0 saturated carbocycles. The molecule has 0 aromatic heterocycles. The number of rotatable bonds is 5. The summed E-state index contributed by atoms with van der Waals surface area (Å²) in [6.45, 7) is 2.86. The van der Waals surface area contributed by atoms with Gasteiger partial charge in [-0.3, -0.25) is 0 Å². The second-order valence-corrected chi connectivity index (χ2v) is 4.87. The molecule has 0 amide bonds. The number of nitrogens with two attached hydrogens (primary N) is 1. The Morgan fingerprint density at radius 3 is 3.00 bits per heavy atom. The molecule has 4 heteroatoms. The monoisotopic (exact) mass is 263 g/mol. The Balaban J connectivity index is 1.98. The number of hydrogen-bond donors (Lipinski definition) is 1. The molecule has 0 heterocycles. The maximum absolute atomic E-state index is 11.2. The van der Waals surface area contributed by atoms with Crippen molar-refractivity contribution in [1.82, 2.24) is 0 Å². The van der Waals surface area contributed by atoms with Gasteiger partial charge >= 0.3 is 5.97 Å². The van der Waals surface area contributed by atoms with Crippen LogP contribution in [0.3, 0.4) is 0 Å². The Bertz CT molecular complexity index is 445. The van der Waals surface area contributed by atoms with Gasteiger partial charge in [-0.1, -0.05) is 6.07 Å². The largest absolute Gasteiger partial charge is 0.482 e. The average molecular weight is 263 g/mol. The van der Waals surface area contributed by atoms with Crippen LogP contribution in [0.1, 0.15) is 24.5 Å². The zero-order chi connectivity index (χ0) is 13.7. The lowest BCUT2D eigenvalue weighted by molar-refractivity contribution is -0.145. The maximum atomic E-state index is 11.2. The highest BCUT2D eigenvalue weighted by atomic mass is 16.6. The highest BCUT2D eigenvalue weighted by Crippen LogP contribution is 2.28. The molecule has 19 heavy (non-hydrogen) atoms. The van der Waals surface area contributed by atoms with E-state index in [2.05, 4.69) is 6.07 Å². The summed E-state index contributed by atoms with van der Waals surface area (Å²) >= 11 is 0. The first-order chi connectivity index (χ1) is 9.22. The van der Waals surface area contributed by atoms with Crippen LogP contribution in [0.25, 0.3) is 0 Å². The van der Waals surface area contributed by atoms with Gasteiger partial charge in [-0.05, 0) is 61.9 Å². The number of aryl methyl sites for hydroxylation is 1. The Morgan fingerprint density at radius 1 is 1.42 bits per heavy atom. The minimum absolute atomic E-state index is 0.0348. The van der Waals surface area contributed by atoms with Crippen molar-refractivity contribution >= 4 is 5.97 Å². The Kier molecular flexibility index (Phi) is 4.80. The van der Waals surface area contributed by atoms with Crippen LogP contribution in [0.2, 0.25) is 0 Å². The summed E-state index contributed by atoms with van der Waals surface area (Å²) in [7, 11) is 0. The lowest BCUT2D eigenvalue weighted by Gasteiger charge is -2.23. The van der Waals surface area contributed by atoms with Crippen molar-refractivity contribution in [3.8, 4) is 5.75 Å². The van der Waals surface area contributed by atoms with Gasteiger partial charge in [0.1, 0.15) is 5.75 Å². The highest BCUT2D eigenvalue weighted by Gasteiger charge is 2.18. The molecule has 1 aliphatic rings. The van der Waals surface area contributed by atoms with Crippen molar-refractivity contribution in [3.05, 3.63) is 29.3 Å². The van der Waals surface area contributed by atoms with Crippen molar-refractivity contribution in [1.29, 1.82) is 0 Å². The molecule has 0 saturated heterocycles. The highest BCUT2D eigenvalue weighted by molar-refractivity contribution is 5.71. The van der Waals surface area contributed by atoms with E-state index >= 15 is 0 Å². The molecule has 0 bridgehead atoms. The van der Waals surface area contributed by atoms with Gasteiger partial charge < -0.3 is 15.2 Å². The molecule has 1 aliphatic carbocycles. The lowest BCUT2D eigenvalue weighted by Crippen LogP contribution is -2.22. The minimum atomic E-state index is -0.333. The molecule has 104 valence electrons. The smallest absolute Gasteiger partial charge is 0.344 e. The van der Waals surface area contributed by atoms with Crippen LogP contribution in [0.5, 0.6) is 5.75 Å². The first-order valence-corrected chi connectivity index (χ1v) is 6.83. The van der Waals surface area contributed by atoms with E-state index in [9.17, 15) is 4.79 Å². The molecular formula is C15H21NO3. The lowest BCUT2D eigenvalue weighted by atomic mass is 9.84. The predicted molar refractivity (Wildman–Crippen MR) is 73.1 cm³/mol. The van der Waals surface area contributed by atoms with E-state index in [1.54, 1.807) is 6.92 Å². The van der Waals surface area contributed by atoms with E-state index in [0.29, 0.717) is 12.5 Å². The summed E-state index contributed by atoms with van der Waals surface area (Å²) in [6, 6.07) is 6.03. The van der Waals surface area contributed by atoms with Crippen molar-refractivity contribution in [2.45, 2.75) is 26.2 Å². The Morgan fingerprint density at radius 2 is 2.26 bits per heavy atom. The number of ether oxygens (including phenoxy) is 2. The van der Waals surface area contributed by atoms with Gasteiger partial charge in [0.15, 0.2) is 6.61 Å². The molecular weight excluding hydrogens is 242 g/mol. The third kappa shape index (κ3) is 3.70. The first-order valence-electron chi connectivity index (χ1n) is 6.83. The molecule has 1 aromatic rings. The molecule has 0 radical (unpaired) electrons. The summed E-state index contributed by atoms with van der Waals surface area (Å²) in [5.41, 5.74) is 8.40. The van der Waals surface area contributed by atoms with Gasteiger partial charge in [0.05, 0.1) is 6.61 Å². The van der Waals surface area contributed by atoms with E-state index in [4.69, 9.17) is 15.2 Å². The molecule has 1 atom stereocenters. The van der Waals surface area contributed by atoms with Gasteiger partial charge in [-0.15, -0.1) is 0 Å². The first kappa shape index (κ1) is 13.9. The van der Waals surface area contributed by atoms with E-state index < -0.39 is 0 Å². The third-order valence-electron chi connectivity index (χ3n) is 3.50. The molecule has 0 spiro atoms. The van der Waals surface area contributed by atoms with E-state index in [1.807, 2.05) is 12.1 Å². The van der Waals surface area contributed by atoms with Crippen molar-refractivity contribution < 1.29 is 14.3 Å². The summed E-state index contributed by atoms with van der Waals surface area (Å²) in [6.07, 6.45) is 3.24. The number of benzene rings is 1. The van der Waals surface area contributed by atoms with Crippen LogP contribution in [0.15, 0.2) is 18.2 Å². The van der Waals surface area contributed by atoms with Crippen LogP contribution < -0.4 is 10.5 Å². The predicted octanol–water partition coefficient (Wildman–Crippen LogP) is 1.69. The normalized spacial score (nSPS) is 17.7. The van der Waals surface area contributed by atoms with Crippen LogP contribution >= 0.6 is 0 Å². The van der Waals surface area contributed by atoms with Gasteiger partial charge in [0.2, 0.25) is 0 Å². The van der Waals surface area contributed by atoms with E-state index in [-0.39, 0.29) is 12.6 Å². The zero-order valence-corrected chi connectivity index (χ0v) is 11.4. The molecule has 1 aromatic carbocycles. The SMILES string of the molecule is CCOC(=O)COc1ccc2c(c1)CC(CN)CC2. The maximum Gasteiger partial charge on any atom is 0.344 e. The molecule has 2 N–H and O–H groups in total. The number of carbonyl (C=O) groups excluding carboxylic acids is 1. The molecule has 0 fully saturated rings. The number of fused-ring (bicyclic) bond motifs is 1. The average Bonchev–Trinajstić information content (AvgIpc) is 2.44. The number of carbonyl (C=O) groups is 1. The Labute approximate surface area is 113 Å². The fraction of sp³-hybridized carbons (Fsp3) is 0.533. The molecule has 2 rings (SSSR count). The third-order valence-corrected chi connectivity index (χ3v) is 3.50. The van der Waals surface area contributed by atoms with Crippen molar-refractivity contribution in [2.75, 3.05) is 19.8 Å². The number of hydrogen-bond acceptors (Lipinski definition) is 4. The van der Waals surface area contributed by atoms with E-state index in [0.717, 1.165) is 31.6 Å². The minimum Gasteiger partial charge on any atom is -0.482 e. The standard InChI is InChI=1S/C15H21NO3/c1-2-18-15(17)10-19-14-6-5-12-4-3-11(9-16)7-13(12)8-14/h5-6,8,11H,2-4,7,9-10,16H2,1H3. The number of esters is 1.